The molecule has 0 bridgehead atoms. The van der Waals surface area contributed by atoms with E-state index >= 15 is 0 Å². The van der Waals surface area contributed by atoms with Gasteiger partial charge in [0, 0.05) is 23.7 Å². The minimum atomic E-state index is -2.57. The van der Waals surface area contributed by atoms with E-state index < -0.39 is 7.14 Å². The van der Waals surface area contributed by atoms with Gasteiger partial charge >= 0.3 is 0 Å². The molecule has 3 nitrogen and oxygen atoms in total. The standard InChI is InChI=1S/C21H26N2OP/c1-19-22(2)16-17-23(19)15-9-10-18-25(24,20-11-5-3-6-12-20)21-13-7-4-8-14-21/h3-8,11-14,16-17H,9-10,15,18H2,1-2H3/q+1. The molecule has 3 aromatic rings. The van der Waals surface area contributed by atoms with Crippen molar-refractivity contribution in [1.82, 2.24) is 4.57 Å². The highest BCUT2D eigenvalue weighted by atomic mass is 31.2. The zero-order chi connectivity index (χ0) is 17.7. The van der Waals surface area contributed by atoms with Gasteiger partial charge in [-0.1, -0.05) is 60.7 Å². The van der Waals surface area contributed by atoms with Crippen LogP contribution in [0, 0.1) is 6.92 Å². The zero-order valence-corrected chi connectivity index (χ0v) is 15.9. The van der Waals surface area contributed by atoms with Crippen LogP contribution >= 0.6 is 7.14 Å². The average molecular weight is 353 g/mol. The Balaban J connectivity index is 1.73. The molecule has 0 amide bonds. The molecular formula is C21H26N2OP+. The molecule has 25 heavy (non-hydrogen) atoms. The Bertz CT molecular complexity index is 813. The van der Waals surface area contributed by atoms with Gasteiger partial charge in [0.15, 0.2) is 0 Å². The smallest absolute Gasteiger partial charge is 0.253 e. The Kier molecular flexibility index (Phi) is 5.55. The molecule has 3 rings (SSSR count). The first kappa shape index (κ1) is 17.7. The summed E-state index contributed by atoms with van der Waals surface area (Å²) in [6, 6.07) is 19.9. The molecule has 0 aliphatic carbocycles. The number of unbranched alkanes of at least 4 members (excludes halogenated alkanes) is 1. The first-order valence-electron chi connectivity index (χ1n) is 8.83. The number of imidazole rings is 1. The maximum atomic E-state index is 13.9. The van der Waals surface area contributed by atoms with Crippen molar-refractivity contribution in [2.45, 2.75) is 26.3 Å². The number of benzene rings is 2. The van der Waals surface area contributed by atoms with Crippen molar-refractivity contribution < 1.29 is 9.13 Å². The second kappa shape index (κ2) is 7.84. The van der Waals surface area contributed by atoms with E-state index in [4.69, 9.17) is 0 Å². The summed E-state index contributed by atoms with van der Waals surface area (Å²) in [6.45, 7) is 3.09. The van der Waals surface area contributed by atoms with Crippen LogP contribution in [0.4, 0.5) is 0 Å². The summed E-state index contributed by atoms with van der Waals surface area (Å²) in [5, 5.41) is 1.93. The molecule has 0 spiro atoms. The summed E-state index contributed by atoms with van der Waals surface area (Å²) < 4.78 is 18.3. The van der Waals surface area contributed by atoms with E-state index in [-0.39, 0.29) is 0 Å². The number of hydrogen-bond donors (Lipinski definition) is 0. The maximum absolute atomic E-state index is 13.9. The van der Waals surface area contributed by atoms with Crippen LogP contribution in [-0.2, 0) is 18.2 Å². The van der Waals surface area contributed by atoms with Crippen LogP contribution in [0.3, 0.4) is 0 Å². The molecule has 0 N–H and O–H groups in total. The summed E-state index contributed by atoms with van der Waals surface area (Å²) in [5.74, 6) is 1.24. The summed E-state index contributed by atoms with van der Waals surface area (Å²) in [6.07, 6.45) is 6.88. The lowest BCUT2D eigenvalue weighted by Gasteiger charge is -2.19. The Morgan fingerprint density at radius 1 is 0.920 bits per heavy atom. The molecule has 4 heteroatoms. The molecule has 1 heterocycles. The van der Waals surface area contributed by atoms with Crippen molar-refractivity contribution >= 4 is 17.8 Å². The van der Waals surface area contributed by atoms with Crippen LogP contribution in [-0.4, -0.2) is 10.7 Å². The highest BCUT2D eigenvalue weighted by molar-refractivity contribution is 7.78. The lowest BCUT2D eigenvalue weighted by Crippen LogP contribution is -2.29. The predicted molar refractivity (Wildman–Crippen MR) is 104 cm³/mol. The van der Waals surface area contributed by atoms with Crippen molar-refractivity contribution in [3.05, 3.63) is 78.9 Å². The molecule has 0 radical (unpaired) electrons. The molecule has 0 unspecified atom stereocenters. The lowest BCUT2D eigenvalue weighted by atomic mass is 10.3. The largest absolute Gasteiger partial charge is 0.314 e. The number of hydrogen-bond acceptors (Lipinski definition) is 1. The molecule has 0 aliphatic rings. The third-order valence-corrected chi connectivity index (χ3v) is 8.08. The predicted octanol–water partition coefficient (Wildman–Crippen LogP) is 3.42. The van der Waals surface area contributed by atoms with E-state index in [1.165, 1.54) is 5.82 Å². The van der Waals surface area contributed by atoms with Crippen molar-refractivity contribution in [3.8, 4) is 0 Å². The fraction of sp³-hybridized carbons (Fsp3) is 0.286. The van der Waals surface area contributed by atoms with Crippen LogP contribution in [0.1, 0.15) is 18.7 Å². The first-order chi connectivity index (χ1) is 12.1. The summed E-state index contributed by atoms with van der Waals surface area (Å²) in [4.78, 5) is 0. The summed E-state index contributed by atoms with van der Waals surface area (Å²) >= 11 is 0. The molecule has 130 valence electrons. The van der Waals surface area contributed by atoms with Crippen LogP contribution < -0.4 is 15.2 Å². The highest BCUT2D eigenvalue weighted by Crippen LogP contribution is 2.44. The summed E-state index contributed by atoms with van der Waals surface area (Å²) in [5.41, 5.74) is 0. The van der Waals surface area contributed by atoms with E-state index in [9.17, 15) is 4.57 Å². The average Bonchev–Trinajstić information content (AvgIpc) is 2.98. The third-order valence-electron chi connectivity index (χ3n) is 4.86. The maximum Gasteiger partial charge on any atom is 0.253 e. The van der Waals surface area contributed by atoms with Crippen LogP contribution in [0.2, 0.25) is 0 Å². The van der Waals surface area contributed by atoms with Gasteiger partial charge < -0.3 is 4.57 Å². The Morgan fingerprint density at radius 2 is 1.48 bits per heavy atom. The molecule has 2 aromatic carbocycles. The van der Waals surface area contributed by atoms with Gasteiger partial charge in [0.25, 0.3) is 5.82 Å². The minimum Gasteiger partial charge on any atom is -0.314 e. The van der Waals surface area contributed by atoms with Gasteiger partial charge in [-0.25, -0.2) is 9.13 Å². The molecule has 0 atom stereocenters. The second-order valence-electron chi connectivity index (χ2n) is 6.49. The molecule has 0 saturated heterocycles. The van der Waals surface area contributed by atoms with Crippen LogP contribution in [0.15, 0.2) is 73.1 Å². The number of rotatable bonds is 7. The zero-order valence-electron chi connectivity index (χ0n) is 15.0. The molecule has 0 fully saturated rings. The monoisotopic (exact) mass is 353 g/mol. The van der Waals surface area contributed by atoms with Gasteiger partial charge in [0.1, 0.15) is 19.5 Å². The second-order valence-corrected chi connectivity index (χ2v) is 9.45. The Labute approximate surface area is 150 Å². The fourth-order valence-corrected chi connectivity index (χ4v) is 5.99. The summed E-state index contributed by atoms with van der Waals surface area (Å²) in [7, 11) is -0.506. The normalized spacial score (nSPS) is 11.6. The van der Waals surface area contributed by atoms with Gasteiger partial charge in [-0.15, -0.1) is 0 Å². The van der Waals surface area contributed by atoms with E-state index in [0.29, 0.717) is 6.16 Å². The van der Waals surface area contributed by atoms with Gasteiger partial charge in [0.2, 0.25) is 0 Å². The molecule has 0 aliphatic heterocycles. The Morgan fingerprint density at radius 3 is 1.96 bits per heavy atom. The minimum absolute atomic E-state index is 0.716. The van der Waals surface area contributed by atoms with E-state index in [0.717, 1.165) is 30.0 Å². The highest BCUT2D eigenvalue weighted by Gasteiger charge is 2.26. The quantitative estimate of drug-likeness (QED) is 0.363. The van der Waals surface area contributed by atoms with Gasteiger partial charge in [-0.3, -0.25) is 0 Å². The van der Waals surface area contributed by atoms with E-state index in [1.54, 1.807) is 0 Å². The van der Waals surface area contributed by atoms with Gasteiger partial charge in [-0.05, 0) is 12.8 Å². The van der Waals surface area contributed by atoms with Crippen molar-refractivity contribution in [2.24, 2.45) is 7.05 Å². The van der Waals surface area contributed by atoms with Crippen molar-refractivity contribution in [2.75, 3.05) is 6.16 Å². The molecule has 1 aromatic heterocycles. The van der Waals surface area contributed by atoms with Crippen molar-refractivity contribution in [1.29, 1.82) is 0 Å². The lowest BCUT2D eigenvalue weighted by molar-refractivity contribution is -0.677. The Hall–Kier alpha value is -2.12. The van der Waals surface area contributed by atoms with Crippen molar-refractivity contribution in [3.63, 3.8) is 0 Å². The van der Waals surface area contributed by atoms with Crippen LogP contribution in [0.25, 0.3) is 0 Å². The molecule has 0 saturated carbocycles. The van der Waals surface area contributed by atoms with E-state index in [2.05, 4.69) is 35.5 Å². The SMILES string of the molecule is Cc1n(CCCCP(=O)(c2ccccc2)c2ccccc2)cc[n+]1C. The van der Waals surface area contributed by atoms with Gasteiger partial charge in [-0.2, -0.15) is 0 Å². The topological polar surface area (TPSA) is 25.9 Å². The molecular weight excluding hydrogens is 327 g/mol. The van der Waals surface area contributed by atoms with Crippen LogP contribution in [0.5, 0.6) is 0 Å². The first-order valence-corrected chi connectivity index (χ1v) is 10.7. The number of nitrogens with zero attached hydrogens (tertiary/aromatic N) is 2. The fourth-order valence-electron chi connectivity index (χ4n) is 3.20. The third kappa shape index (κ3) is 3.93. The van der Waals surface area contributed by atoms with Gasteiger partial charge in [0.05, 0.1) is 13.6 Å². The van der Waals surface area contributed by atoms with E-state index in [1.807, 2.05) is 60.7 Å². The number of aryl methyl sites for hydroxylation is 2. The number of aromatic nitrogens is 2.